The number of pyridine rings is 1. The highest BCUT2D eigenvalue weighted by Crippen LogP contribution is 2.35. The number of hydrogen-bond donors (Lipinski definition) is 2. The van der Waals surface area contributed by atoms with Gasteiger partial charge in [0.1, 0.15) is 0 Å². The number of nitrogens with one attached hydrogen (secondary N) is 1. The molecule has 26 heavy (non-hydrogen) atoms. The number of carbonyl (C=O) groups is 2. The van der Waals surface area contributed by atoms with Crippen LogP contribution in [0.25, 0.3) is 0 Å². The van der Waals surface area contributed by atoms with Crippen LogP contribution in [0.1, 0.15) is 31.5 Å². The summed E-state index contributed by atoms with van der Waals surface area (Å²) in [6.07, 6.45) is 3.75. The van der Waals surface area contributed by atoms with E-state index >= 15 is 0 Å². The van der Waals surface area contributed by atoms with Crippen LogP contribution in [0.5, 0.6) is 0 Å². The van der Waals surface area contributed by atoms with E-state index in [4.69, 9.17) is 5.73 Å². The van der Waals surface area contributed by atoms with Crippen molar-refractivity contribution in [1.29, 1.82) is 0 Å². The molecule has 1 aliphatic carbocycles. The van der Waals surface area contributed by atoms with Crippen LogP contribution in [0.4, 0.5) is 10.5 Å². The molecule has 1 heterocycles. The summed E-state index contributed by atoms with van der Waals surface area (Å²) in [6, 6.07) is 13.1. The second-order valence-electron chi connectivity index (χ2n) is 6.25. The second kappa shape index (κ2) is 8.23. The molecule has 3 amide bonds. The predicted molar refractivity (Wildman–Crippen MR) is 103 cm³/mol. The third-order valence-electron chi connectivity index (χ3n) is 4.21. The predicted octanol–water partition coefficient (Wildman–Crippen LogP) is 3.42. The Bertz CT molecular complexity index is 780. The van der Waals surface area contributed by atoms with Crippen molar-refractivity contribution >= 4 is 29.4 Å². The van der Waals surface area contributed by atoms with Gasteiger partial charge in [-0.2, -0.15) is 0 Å². The lowest BCUT2D eigenvalue weighted by atomic mass is 10.2. The zero-order valence-corrected chi connectivity index (χ0v) is 15.4. The number of anilines is 1. The molecular weight excluding hydrogens is 348 g/mol. The number of primary amides is 1. The van der Waals surface area contributed by atoms with Gasteiger partial charge >= 0.3 is 6.03 Å². The quantitative estimate of drug-likeness (QED) is 0.731. The number of benzene rings is 1. The Hall–Kier alpha value is -2.54. The molecule has 1 atom stereocenters. The number of urea groups is 1. The largest absolute Gasteiger partial charge is 0.369 e. The van der Waals surface area contributed by atoms with E-state index in [1.807, 2.05) is 54.3 Å². The van der Waals surface area contributed by atoms with E-state index in [2.05, 4.69) is 10.3 Å². The van der Waals surface area contributed by atoms with Gasteiger partial charge in [-0.25, -0.2) is 4.79 Å². The van der Waals surface area contributed by atoms with Gasteiger partial charge in [-0.1, -0.05) is 18.2 Å². The monoisotopic (exact) mass is 370 g/mol. The number of rotatable bonds is 7. The first kappa shape index (κ1) is 18.3. The van der Waals surface area contributed by atoms with Crippen molar-refractivity contribution in [3.05, 3.63) is 54.4 Å². The Labute approximate surface area is 157 Å². The minimum absolute atomic E-state index is 0.117. The van der Waals surface area contributed by atoms with Crippen LogP contribution in [-0.4, -0.2) is 33.6 Å². The van der Waals surface area contributed by atoms with Gasteiger partial charge in [-0.05, 0) is 44.0 Å². The molecule has 6 nitrogen and oxygen atoms in total. The third kappa shape index (κ3) is 4.54. The first-order valence-electron chi connectivity index (χ1n) is 8.56. The lowest BCUT2D eigenvalue weighted by molar-refractivity contribution is -0.115. The fraction of sp³-hybridized carbons (Fsp3) is 0.316. The summed E-state index contributed by atoms with van der Waals surface area (Å²) in [5.41, 5.74) is 6.78. The highest BCUT2D eigenvalue weighted by Gasteiger charge is 2.37. The number of nitrogens with two attached hydrogens (primary N) is 1. The Balaban J connectivity index is 1.76. The fourth-order valence-corrected chi connectivity index (χ4v) is 3.55. The summed E-state index contributed by atoms with van der Waals surface area (Å²) in [4.78, 5) is 31.1. The van der Waals surface area contributed by atoms with Gasteiger partial charge < -0.3 is 16.0 Å². The molecule has 1 aromatic carbocycles. The van der Waals surface area contributed by atoms with Crippen molar-refractivity contribution < 1.29 is 9.59 Å². The molecule has 1 unspecified atom stereocenters. The molecule has 3 rings (SSSR count). The van der Waals surface area contributed by atoms with Crippen molar-refractivity contribution in [2.45, 2.75) is 36.7 Å². The first-order chi connectivity index (χ1) is 12.6. The van der Waals surface area contributed by atoms with Gasteiger partial charge in [0.25, 0.3) is 0 Å². The molecule has 0 saturated heterocycles. The molecule has 1 aliphatic rings. The summed E-state index contributed by atoms with van der Waals surface area (Å²) in [7, 11) is 0. The van der Waals surface area contributed by atoms with Crippen molar-refractivity contribution in [2.24, 2.45) is 5.73 Å². The van der Waals surface area contributed by atoms with Gasteiger partial charge in [-0.15, -0.1) is 11.8 Å². The lowest BCUT2D eigenvalue weighted by Gasteiger charge is -2.29. The zero-order chi connectivity index (χ0) is 18.5. The van der Waals surface area contributed by atoms with Crippen molar-refractivity contribution in [2.75, 3.05) is 11.1 Å². The number of para-hydroxylation sites is 1. The first-order valence-corrected chi connectivity index (χ1v) is 9.55. The maximum absolute atomic E-state index is 13.0. The van der Waals surface area contributed by atoms with E-state index in [-0.39, 0.29) is 29.8 Å². The van der Waals surface area contributed by atoms with E-state index in [1.54, 1.807) is 6.20 Å². The molecule has 1 saturated carbocycles. The molecule has 0 spiro atoms. The van der Waals surface area contributed by atoms with Crippen LogP contribution in [0.3, 0.4) is 0 Å². The van der Waals surface area contributed by atoms with Gasteiger partial charge in [0, 0.05) is 17.1 Å². The summed E-state index contributed by atoms with van der Waals surface area (Å²) in [6.45, 7) is 1.99. The molecule has 0 bridgehead atoms. The second-order valence-corrected chi connectivity index (χ2v) is 7.27. The third-order valence-corrected chi connectivity index (χ3v) is 5.30. The Morgan fingerprint density at radius 2 is 2.00 bits per heavy atom. The molecule has 1 fully saturated rings. The van der Waals surface area contributed by atoms with Crippen LogP contribution in [0, 0.1) is 0 Å². The summed E-state index contributed by atoms with van der Waals surface area (Å²) < 4.78 is 0. The number of nitrogens with zero attached hydrogens (tertiary/aromatic N) is 2. The van der Waals surface area contributed by atoms with E-state index in [1.165, 1.54) is 11.8 Å². The molecule has 7 heteroatoms. The summed E-state index contributed by atoms with van der Waals surface area (Å²) >= 11 is 1.32. The topological polar surface area (TPSA) is 88.3 Å². The number of carbonyl (C=O) groups excluding carboxylic acids is 2. The summed E-state index contributed by atoms with van der Waals surface area (Å²) in [5, 5.41) is 2.99. The molecule has 0 radical (unpaired) electrons. The average molecular weight is 370 g/mol. The van der Waals surface area contributed by atoms with E-state index in [0.29, 0.717) is 5.69 Å². The SMILES string of the molecule is CC(c1ccccn1)N(C(=O)Nc1ccccc1SCC(N)=O)C1CC1. The Morgan fingerprint density at radius 1 is 1.27 bits per heavy atom. The minimum atomic E-state index is -0.389. The maximum atomic E-state index is 13.0. The molecule has 3 N–H and O–H groups in total. The standard InChI is InChI=1S/C19H22N4O2S/c1-13(15-6-4-5-11-21-15)23(14-9-10-14)19(25)22-16-7-2-3-8-17(16)26-12-18(20)24/h2-8,11,13-14H,9-10,12H2,1H3,(H2,20,24)(H,22,25). The lowest BCUT2D eigenvalue weighted by Crippen LogP contribution is -2.39. The summed E-state index contributed by atoms with van der Waals surface area (Å²) in [5.74, 6) is -0.219. The van der Waals surface area contributed by atoms with E-state index < -0.39 is 0 Å². The van der Waals surface area contributed by atoms with Gasteiger partial charge in [0.15, 0.2) is 0 Å². The van der Waals surface area contributed by atoms with Crippen molar-refractivity contribution in [3.8, 4) is 0 Å². The Morgan fingerprint density at radius 3 is 2.65 bits per heavy atom. The molecule has 0 aliphatic heterocycles. The maximum Gasteiger partial charge on any atom is 0.322 e. The Kier molecular flexibility index (Phi) is 5.78. The van der Waals surface area contributed by atoms with Crippen LogP contribution in [0.15, 0.2) is 53.6 Å². The van der Waals surface area contributed by atoms with Gasteiger partial charge in [-0.3, -0.25) is 9.78 Å². The number of thioether (sulfide) groups is 1. The van der Waals surface area contributed by atoms with Crippen LogP contribution >= 0.6 is 11.8 Å². The fourth-order valence-electron chi connectivity index (χ4n) is 2.80. The molecule has 136 valence electrons. The minimum Gasteiger partial charge on any atom is -0.369 e. The molecule has 2 aromatic rings. The average Bonchev–Trinajstić information content (AvgIpc) is 3.46. The van der Waals surface area contributed by atoms with E-state index in [9.17, 15) is 9.59 Å². The van der Waals surface area contributed by atoms with Crippen molar-refractivity contribution in [1.82, 2.24) is 9.88 Å². The van der Waals surface area contributed by atoms with Gasteiger partial charge in [0.2, 0.25) is 5.91 Å². The van der Waals surface area contributed by atoms with Gasteiger partial charge in [0.05, 0.1) is 23.2 Å². The highest BCUT2D eigenvalue weighted by atomic mass is 32.2. The van der Waals surface area contributed by atoms with Crippen LogP contribution in [0.2, 0.25) is 0 Å². The normalized spacial score (nSPS) is 14.5. The van der Waals surface area contributed by atoms with Crippen LogP contribution < -0.4 is 11.1 Å². The number of hydrogen-bond acceptors (Lipinski definition) is 4. The number of aromatic nitrogens is 1. The molecular formula is C19H22N4O2S. The van der Waals surface area contributed by atoms with Crippen LogP contribution in [-0.2, 0) is 4.79 Å². The van der Waals surface area contributed by atoms with E-state index in [0.717, 1.165) is 23.4 Å². The zero-order valence-electron chi connectivity index (χ0n) is 14.6. The van der Waals surface area contributed by atoms with Crippen molar-refractivity contribution in [3.63, 3.8) is 0 Å². The molecule has 1 aromatic heterocycles. The number of amides is 3. The highest BCUT2D eigenvalue weighted by molar-refractivity contribution is 8.00. The smallest absolute Gasteiger partial charge is 0.322 e.